The molecule has 0 aromatic rings. The van der Waals surface area contributed by atoms with Crippen LogP contribution in [-0.4, -0.2) is 18.2 Å². The van der Waals surface area contributed by atoms with Crippen LogP contribution in [0.5, 0.6) is 0 Å². The molecule has 1 radical (unpaired) electrons. The second kappa shape index (κ2) is 4.82. The van der Waals surface area contributed by atoms with Crippen molar-refractivity contribution in [3.63, 3.8) is 0 Å². The van der Waals surface area contributed by atoms with Gasteiger partial charge in [-0.3, -0.25) is 0 Å². The van der Waals surface area contributed by atoms with Crippen molar-refractivity contribution >= 4 is 5.97 Å². The minimum atomic E-state index is -0.516. The fraction of sp³-hybridized carbons (Fsp3) is 0.333. The zero-order chi connectivity index (χ0) is 11.4. The Balaban J connectivity index is 3.03. The smallest absolute Gasteiger partial charge is 0.341 e. The minimum Gasteiger partial charge on any atom is -0.507 e. The number of hydrogen-bond acceptors (Lipinski definition) is 3. The number of carbonyl (C=O) groups excluding carboxylic acids is 1. The van der Waals surface area contributed by atoms with Crippen molar-refractivity contribution in [1.29, 1.82) is 0 Å². The molecule has 0 saturated carbocycles. The van der Waals surface area contributed by atoms with E-state index in [2.05, 4.69) is 11.3 Å². The lowest BCUT2D eigenvalue weighted by Crippen LogP contribution is -2.14. The van der Waals surface area contributed by atoms with Crippen LogP contribution in [0.3, 0.4) is 0 Å². The molecule has 0 spiro atoms. The highest BCUT2D eigenvalue weighted by atomic mass is 16.5. The molecule has 15 heavy (non-hydrogen) atoms. The van der Waals surface area contributed by atoms with Gasteiger partial charge in [0.1, 0.15) is 5.76 Å². The molecule has 1 aliphatic carbocycles. The molecule has 1 aliphatic rings. The maximum Gasteiger partial charge on any atom is 0.341 e. The van der Waals surface area contributed by atoms with E-state index in [4.69, 9.17) is 0 Å². The maximum atomic E-state index is 11.3. The molecule has 1 unspecified atom stereocenters. The average Bonchev–Trinajstić information content (AvgIpc) is 2.27. The predicted octanol–water partition coefficient (Wildman–Crippen LogP) is 2.33. The van der Waals surface area contributed by atoms with Crippen LogP contribution in [0.15, 0.2) is 35.6 Å². The molecule has 0 aromatic heterocycles. The number of rotatable bonds is 3. The topological polar surface area (TPSA) is 46.5 Å². The molecule has 0 amide bonds. The Hall–Kier alpha value is -1.51. The van der Waals surface area contributed by atoms with Gasteiger partial charge in [0.2, 0.25) is 0 Å². The van der Waals surface area contributed by atoms with Crippen LogP contribution in [0.2, 0.25) is 0 Å². The summed E-state index contributed by atoms with van der Waals surface area (Å²) in [6.45, 7) is 5.59. The van der Waals surface area contributed by atoms with Crippen molar-refractivity contribution in [1.82, 2.24) is 0 Å². The Morgan fingerprint density at radius 3 is 2.93 bits per heavy atom. The fourth-order valence-electron chi connectivity index (χ4n) is 1.47. The van der Waals surface area contributed by atoms with E-state index >= 15 is 0 Å². The normalized spacial score (nSPS) is 18.1. The summed E-state index contributed by atoms with van der Waals surface area (Å²) in [6.07, 6.45) is 5.79. The van der Waals surface area contributed by atoms with Gasteiger partial charge in [-0.1, -0.05) is 19.1 Å². The summed E-state index contributed by atoms with van der Waals surface area (Å²) < 4.78 is 4.57. The summed E-state index contributed by atoms with van der Waals surface area (Å²) in [6, 6.07) is 0. The zero-order valence-electron chi connectivity index (χ0n) is 8.99. The molecular formula is C12H15O3. The van der Waals surface area contributed by atoms with E-state index in [1.54, 1.807) is 12.2 Å². The quantitative estimate of drug-likeness (QED) is 0.570. The van der Waals surface area contributed by atoms with Crippen molar-refractivity contribution in [3.8, 4) is 0 Å². The number of esters is 1. The van der Waals surface area contributed by atoms with Gasteiger partial charge >= 0.3 is 5.97 Å². The van der Waals surface area contributed by atoms with Crippen LogP contribution >= 0.6 is 0 Å². The maximum absolute atomic E-state index is 11.3. The van der Waals surface area contributed by atoms with E-state index in [1.165, 1.54) is 7.11 Å². The highest BCUT2D eigenvalue weighted by Gasteiger charge is 2.23. The predicted molar refractivity (Wildman–Crippen MR) is 58.0 cm³/mol. The van der Waals surface area contributed by atoms with Crippen molar-refractivity contribution in [2.24, 2.45) is 5.92 Å². The van der Waals surface area contributed by atoms with E-state index in [-0.39, 0.29) is 17.3 Å². The molecule has 81 valence electrons. The van der Waals surface area contributed by atoms with Crippen molar-refractivity contribution < 1.29 is 14.6 Å². The molecule has 1 N–H and O–H groups in total. The number of aliphatic hydroxyl groups excluding tert-OH is 1. The molecule has 3 heteroatoms. The molecule has 0 heterocycles. The molecule has 0 aliphatic heterocycles. The van der Waals surface area contributed by atoms with Gasteiger partial charge in [-0.15, -0.1) is 6.58 Å². The van der Waals surface area contributed by atoms with E-state index in [1.807, 2.05) is 13.3 Å². The summed E-state index contributed by atoms with van der Waals surface area (Å²) in [7, 11) is 1.29. The largest absolute Gasteiger partial charge is 0.507 e. The van der Waals surface area contributed by atoms with Gasteiger partial charge in [0.15, 0.2) is 0 Å². The Bertz CT molecular complexity index is 337. The molecule has 0 fully saturated rings. The third-order valence-corrected chi connectivity index (χ3v) is 2.49. The molecule has 0 saturated heterocycles. The Labute approximate surface area is 89.7 Å². The lowest BCUT2D eigenvalue weighted by atomic mass is 9.89. The van der Waals surface area contributed by atoms with Crippen molar-refractivity contribution in [3.05, 3.63) is 42.1 Å². The summed E-state index contributed by atoms with van der Waals surface area (Å²) in [4.78, 5) is 11.3. The Morgan fingerprint density at radius 2 is 2.40 bits per heavy atom. The first-order valence-corrected chi connectivity index (χ1v) is 4.78. The molecule has 0 bridgehead atoms. The lowest BCUT2D eigenvalue weighted by molar-refractivity contribution is -0.136. The van der Waals surface area contributed by atoms with Gasteiger partial charge in [-0.25, -0.2) is 4.79 Å². The summed E-state index contributed by atoms with van der Waals surface area (Å²) in [5.74, 6) is -0.441. The van der Waals surface area contributed by atoms with Crippen molar-refractivity contribution in [2.45, 2.75) is 13.3 Å². The van der Waals surface area contributed by atoms with Gasteiger partial charge < -0.3 is 9.84 Å². The molecule has 3 nitrogen and oxygen atoms in total. The number of methoxy groups -OCH3 is 1. The summed E-state index contributed by atoms with van der Waals surface area (Å²) in [5.41, 5.74) is 1.01. The monoisotopic (exact) mass is 207 g/mol. The van der Waals surface area contributed by atoms with Gasteiger partial charge in [-0.05, 0) is 24.3 Å². The Kier molecular flexibility index (Phi) is 3.72. The van der Waals surface area contributed by atoms with Crippen LogP contribution in [0.4, 0.5) is 0 Å². The third kappa shape index (κ3) is 2.29. The highest BCUT2D eigenvalue weighted by molar-refractivity contribution is 5.93. The van der Waals surface area contributed by atoms with E-state index < -0.39 is 5.97 Å². The van der Waals surface area contributed by atoms with Crippen LogP contribution in [0, 0.1) is 12.3 Å². The van der Waals surface area contributed by atoms with E-state index in [9.17, 15) is 9.90 Å². The third-order valence-electron chi connectivity index (χ3n) is 2.49. The van der Waals surface area contributed by atoms with Crippen LogP contribution in [0.1, 0.15) is 13.3 Å². The van der Waals surface area contributed by atoms with Crippen LogP contribution in [-0.2, 0) is 9.53 Å². The van der Waals surface area contributed by atoms with E-state index in [0.717, 1.165) is 5.57 Å². The zero-order valence-corrected chi connectivity index (χ0v) is 8.99. The Morgan fingerprint density at radius 1 is 1.73 bits per heavy atom. The van der Waals surface area contributed by atoms with Gasteiger partial charge in [-0.2, -0.15) is 0 Å². The second-order valence-electron chi connectivity index (χ2n) is 3.41. The van der Waals surface area contributed by atoms with Gasteiger partial charge in [0.25, 0.3) is 0 Å². The first kappa shape index (κ1) is 11.6. The summed E-state index contributed by atoms with van der Waals surface area (Å²) >= 11 is 0. The number of ether oxygens (including phenoxy) is 1. The van der Waals surface area contributed by atoms with Crippen LogP contribution < -0.4 is 0 Å². The average molecular weight is 207 g/mol. The molecule has 1 rings (SSSR count). The molecular weight excluding hydrogens is 192 g/mol. The second-order valence-corrected chi connectivity index (χ2v) is 3.41. The number of aliphatic hydroxyl groups is 1. The molecule has 0 aromatic carbocycles. The summed E-state index contributed by atoms with van der Waals surface area (Å²) in [5, 5.41) is 9.87. The van der Waals surface area contributed by atoms with Crippen LogP contribution in [0.25, 0.3) is 0 Å². The van der Waals surface area contributed by atoms with Crippen molar-refractivity contribution in [2.75, 3.05) is 7.11 Å². The minimum absolute atomic E-state index is 0.0248. The first-order chi connectivity index (χ1) is 7.11. The van der Waals surface area contributed by atoms with Gasteiger partial charge in [0, 0.05) is 0 Å². The van der Waals surface area contributed by atoms with Gasteiger partial charge in [0.05, 0.1) is 12.7 Å². The molecule has 1 atom stereocenters. The SMILES string of the molecule is C=CC(C)C1=C(O)C(C(=O)OC)=C[CH]C1. The number of allylic oxidation sites excluding steroid dienone is 3. The van der Waals surface area contributed by atoms with E-state index in [0.29, 0.717) is 6.42 Å². The number of hydrogen-bond donors (Lipinski definition) is 1. The fourth-order valence-corrected chi connectivity index (χ4v) is 1.47. The first-order valence-electron chi connectivity index (χ1n) is 4.78. The lowest BCUT2D eigenvalue weighted by Gasteiger charge is -2.19. The standard InChI is InChI=1S/C12H15O3/c1-4-8(2)9-6-5-7-10(11(9)13)12(14)15-3/h4-5,7-8,13H,1,6H2,2-3H3. The highest BCUT2D eigenvalue weighted by Crippen LogP contribution is 2.29. The number of carbonyl (C=O) groups is 1.